The number of benzene rings is 1. The Kier molecular flexibility index (Phi) is 7.39. The molecule has 4 N–H and O–H groups in total. The van der Waals surface area contributed by atoms with Crippen LogP contribution < -0.4 is 25.8 Å². The number of anilines is 3. The van der Waals surface area contributed by atoms with Crippen molar-refractivity contribution in [3.8, 4) is 17.6 Å². The highest BCUT2D eigenvalue weighted by Gasteiger charge is 2.24. The second-order valence-corrected chi connectivity index (χ2v) is 8.41. The van der Waals surface area contributed by atoms with Crippen LogP contribution in [0.15, 0.2) is 30.6 Å². The summed E-state index contributed by atoms with van der Waals surface area (Å²) >= 11 is 0. The van der Waals surface area contributed by atoms with Gasteiger partial charge in [0.05, 0.1) is 20.3 Å². The average molecular weight is 493 g/mol. The van der Waals surface area contributed by atoms with Crippen LogP contribution in [-0.4, -0.2) is 64.9 Å². The lowest BCUT2D eigenvalue weighted by Gasteiger charge is -2.31. The maximum Gasteiger partial charge on any atom is 0.256 e. The Morgan fingerprint density at radius 1 is 1.19 bits per heavy atom. The molecule has 0 atom stereocenters. The summed E-state index contributed by atoms with van der Waals surface area (Å²) in [5.74, 6) is 1.39. The van der Waals surface area contributed by atoms with Gasteiger partial charge in [-0.05, 0) is 18.8 Å². The monoisotopic (exact) mass is 492 g/mol. The van der Waals surface area contributed by atoms with Gasteiger partial charge in [-0.15, -0.1) is 0 Å². The molecule has 1 saturated heterocycles. The van der Waals surface area contributed by atoms with E-state index in [1.54, 1.807) is 54.1 Å². The van der Waals surface area contributed by atoms with Gasteiger partial charge in [-0.2, -0.15) is 10.2 Å². The summed E-state index contributed by atoms with van der Waals surface area (Å²) in [6.45, 7) is 1.85. The summed E-state index contributed by atoms with van der Waals surface area (Å²) in [5.41, 5.74) is 6.83. The predicted octanol–water partition coefficient (Wildman–Crippen LogP) is 2.15. The summed E-state index contributed by atoms with van der Waals surface area (Å²) < 4.78 is 12.4. The van der Waals surface area contributed by atoms with E-state index in [-0.39, 0.29) is 23.7 Å². The first-order chi connectivity index (χ1) is 17.4. The molecule has 1 fully saturated rings. The standard InChI is InChI=1S/C24H28N8O4/c1-35-17-11-16(12-18(13-17)36-2)29-22-20(21(26)34)23-27-7-10-32(23)24(30-22)28-14-15-4-8-31(9-5-15)19(33)3-6-25/h7,10-13,15,29H,3-5,8-9,14H2,1-2H3,(H2,26,34)(H,28,30). The number of nitrogens with zero attached hydrogens (tertiary/aromatic N) is 5. The van der Waals surface area contributed by atoms with Crippen LogP contribution in [0.2, 0.25) is 0 Å². The molecular weight excluding hydrogens is 464 g/mol. The molecule has 0 radical (unpaired) electrons. The van der Waals surface area contributed by atoms with E-state index in [0.29, 0.717) is 54.3 Å². The third kappa shape index (κ3) is 5.25. The number of aromatic nitrogens is 3. The van der Waals surface area contributed by atoms with Gasteiger partial charge in [0.1, 0.15) is 23.5 Å². The second-order valence-electron chi connectivity index (χ2n) is 8.41. The summed E-state index contributed by atoms with van der Waals surface area (Å²) in [6, 6.07) is 7.14. The average Bonchev–Trinajstić information content (AvgIpc) is 3.37. The largest absolute Gasteiger partial charge is 0.497 e. The van der Waals surface area contributed by atoms with E-state index in [1.807, 2.05) is 6.07 Å². The van der Waals surface area contributed by atoms with Crippen LogP contribution in [0, 0.1) is 17.2 Å². The van der Waals surface area contributed by atoms with Crippen LogP contribution in [0.25, 0.3) is 5.65 Å². The number of carbonyl (C=O) groups is 2. The fraction of sp³-hybridized carbons (Fsp3) is 0.375. The fourth-order valence-electron chi connectivity index (χ4n) is 4.24. The number of nitriles is 1. The van der Waals surface area contributed by atoms with Gasteiger partial charge in [-0.25, -0.2) is 4.98 Å². The lowest BCUT2D eigenvalue weighted by Crippen LogP contribution is -2.39. The highest BCUT2D eigenvalue weighted by molar-refractivity contribution is 6.04. The lowest BCUT2D eigenvalue weighted by molar-refractivity contribution is -0.131. The molecule has 3 aromatic rings. The van der Waals surface area contributed by atoms with Crippen molar-refractivity contribution in [2.75, 3.05) is 44.5 Å². The van der Waals surface area contributed by atoms with Gasteiger partial charge in [0.15, 0.2) is 11.5 Å². The number of imidazole rings is 1. The molecule has 3 heterocycles. The number of hydrogen-bond donors (Lipinski definition) is 3. The van der Waals surface area contributed by atoms with Crippen molar-refractivity contribution < 1.29 is 19.1 Å². The number of rotatable bonds is 9. The number of piperidine rings is 1. The van der Waals surface area contributed by atoms with Crippen molar-refractivity contribution in [1.29, 1.82) is 5.26 Å². The molecule has 12 nitrogen and oxygen atoms in total. The van der Waals surface area contributed by atoms with Crippen molar-refractivity contribution in [1.82, 2.24) is 19.3 Å². The number of methoxy groups -OCH3 is 2. The SMILES string of the molecule is COc1cc(Nc2nc(NCC3CCN(C(=O)CC#N)CC3)n3ccnc3c2C(N)=O)cc(OC)c1. The Morgan fingerprint density at radius 2 is 1.89 bits per heavy atom. The molecule has 0 aliphatic carbocycles. The van der Waals surface area contributed by atoms with Crippen molar-refractivity contribution in [2.45, 2.75) is 19.3 Å². The third-order valence-electron chi connectivity index (χ3n) is 6.15. The number of hydrogen-bond acceptors (Lipinski definition) is 9. The molecule has 1 aliphatic heterocycles. The van der Waals surface area contributed by atoms with Crippen molar-refractivity contribution in [2.24, 2.45) is 11.7 Å². The smallest absolute Gasteiger partial charge is 0.256 e. The van der Waals surface area contributed by atoms with Gasteiger partial charge in [-0.3, -0.25) is 14.0 Å². The van der Waals surface area contributed by atoms with E-state index in [1.165, 1.54) is 0 Å². The highest BCUT2D eigenvalue weighted by atomic mass is 16.5. The number of carbonyl (C=O) groups excluding carboxylic acids is 2. The van der Waals surface area contributed by atoms with Gasteiger partial charge in [0.2, 0.25) is 11.9 Å². The van der Waals surface area contributed by atoms with E-state index in [0.717, 1.165) is 12.8 Å². The first kappa shape index (κ1) is 24.6. The predicted molar refractivity (Wildman–Crippen MR) is 132 cm³/mol. The van der Waals surface area contributed by atoms with Crippen LogP contribution in [-0.2, 0) is 4.79 Å². The minimum atomic E-state index is -0.669. The molecule has 0 spiro atoms. The van der Waals surface area contributed by atoms with E-state index < -0.39 is 5.91 Å². The molecule has 2 aromatic heterocycles. The zero-order chi connectivity index (χ0) is 25.7. The number of ether oxygens (including phenoxy) is 2. The molecule has 2 amide bonds. The molecule has 1 aliphatic rings. The second kappa shape index (κ2) is 10.8. The number of nitrogens with two attached hydrogens (primary N) is 1. The minimum absolute atomic E-state index is 0.0907. The molecular formula is C24H28N8O4. The maximum atomic E-state index is 12.4. The molecule has 1 aromatic carbocycles. The highest BCUT2D eigenvalue weighted by Crippen LogP contribution is 2.30. The van der Waals surface area contributed by atoms with Gasteiger partial charge < -0.3 is 30.7 Å². The zero-order valence-corrected chi connectivity index (χ0v) is 20.2. The Bertz CT molecular complexity index is 1290. The zero-order valence-electron chi connectivity index (χ0n) is 20.2. The maximum absolute atomic E-state index is 12.4. The number of fused-ring (bicyclic) bond motifs is 1. The Hall–Kier alpha value is -4.53. The van der Waals surface area contributed by atoms with Crippen LogP contribution in [0.1, 0.15) is 29.6 Å². The molecule has 0 saturated carbocycles. The Balaban J connectivity index is 1.57. The van der Waals surface area contributed by atoms with Gasteiger partial charge in [0.25, 0.3) is 5.91 Å². The van der Waals surface area contributed by atoms with Crippen LogP contribution in [0.4, 0.5) is 17.5 Å². The lowest BCUT2D eigenvalue weighted by atomic mass is 9.96. The summed E-state index contributed by atoms with van der Waals surface area (Å²) in [6.07, 6.45) is 4.81. The van der Waals surface area contributed by atoms with Gasteiger partial charge in [0, 0.05) is 55.9 Å². The molecule has 0 unspecified atom stereocenters. The van der Waals surface area contributed by atoms with Crippen LogP contribution >= 0.6 is 0 Å². The third-order valence-corrected chi connectivity index (χ3v) is 6.15. The Morgan fingerprint density at radius 3 is 2.50 bits per heavy atom. The van der Waals surface area contributed by atoms with Crippen molar-refractivity contribution >= 4 is 34.9 Å². The topological polar surface area (TPSA) is 160 Å². The van der Waals surface area contributed by atoms with E-state index in [9.17, 15) is 9.59 Å². The van der Waals surface area contributed by atoms with Crippen LogP contribution in [0.3, 0.4) is 0 Å². The number of likely N-dealkylation sites (tertiary alicyclic amines) is 1. The van der Waals surface area contributed by atoms with E-state index in [4.69, 9.17) is 20.5 Å². The van der Waals surface area contributed by atoms with Crippen molar-refractivity contribution in [3.05, 3.63) is 36.2 Å². The normalized spacial score (nSPS) is 13.8. The van der Waals surface area contributed by atoms with Gasteiger partial charge in [-0.1, -0.05) is 0 Å². The van der Waals surface area contributed by atoms with Crippen LogP contribution in [0.5, 0.6) is 11.5 Å². The van der Waals surface area contributed by atoms with Gasteiger partial charge >= 0.3 is 0 Å². The molecule has 4 rings (SSSR count). The molecule has 36 heavy (non-hydrogen) atoms. The first-order valence-corrected chi connectivity index (χ1v) is 11.5. The summed E-state index contributed by atoms with van der Waals surface area (Å²) in [4.78, 5) is 35.1. The van der Waals surface area contributed by atoms with E-state index >= 15 is 0 Å². The van der Waals surface area contributed by atoms with Crippen molar-refractivity contribution in [3.63, 3.8) is 0 Å². The quantitative estimate of drug-likeness (QED) is 0.406. The molecule has 188 valence electrons. The molecule has 12 heteroatoms. The fourth-order valence-corrected chi connectivity index (χ4v) is 4.24. The molecule has 0 bridgehead atoms. The number of amides is 2. The Labute approximate surface area is 208 Å². The number of nitrogens with one attached hydrogen (secondary N) is 2. The first-order valence-electron chi connectivity index (χ1n) is 11.5. The minimum Gasteiger partial charge on any atom is -0.497 e. The van der Waals surface area contributed by atoms with E-state index in [2.05, 4.69) is 20.6 Å². The summed E-state index contributed by atoms with van der Waals surface area (Å²) in [5, 5.41) is 15.3. The number of primary amides is 1. The summed E-state index contributed by atoms with van der Waals surface area (Å²) in [7, 11) is 3.10.